The number of benzene rings is 2. The lowest BCUT2D eigenvalue weighted by atomic mass is 10.1. The van der Waals surface area contributed by atoms with Crippen LogP contribution in [-0.2, 0) is 24.3 Å². The summed E-state index contributed by atoms with van der Waals surface area (Å²) in [6, 6.07) is 23.2. The molecule has 0 aliphatic carbocycles. The number of hydrogen-bond donors (Lipinski definition) is 0. The van der Waals surface area contributed by atoms with Crippen LogP contribution in [0.15, 0.2) is 88.6 Å². The second-order valence-electron chi connectivity index (χ2n) is 8.64. The Balaban J connectivity index is 1.38. The Morgan fingerprint density at radius 2 is 1.49 bits per heavy atom. The Morgan fingerprint density at radius 3 is 2.20 bits per heavy atom. The van der Waals surface area contributed by atoms with Crippen molar-refractivity contribution in [3.63, 3.8) is 0 Å². The molecule has 8 heteroatoms. The third kappa shape index (κ3) is 4.73. The van der Waals surface area contributed by atoms with E-state index in [4.69, 9.17) is 0 Å². The average Bonchev–Trinajstić information content (AvgIpc) is 2.92. The molecule has 0 spiro atoms. The third-order valence-corrected chi connectivity index (χ3v) is 6.50. The molecule has 0 saturated carbocycles. The lowest BCUT2D eigenvalue weighted by Crippen LogP contribution is -2.51. The number of nitrogens with zero attached hydrogens (tertiary/aromatic N) is 5. The second-order valence-corrected chi connectivity index (χ2v) is 8.64. The molecule has 8 nitrogen and oxygen atoms in total. The molecule has 0 unspecified atom stereocenters. The smallest absolute Gasteiger partial charge is 0.332 e. The maximum absolute atomic E-state index is 13.4. The monoisotopic (exact) mass is 469 g/mol. The summed E-state index contributed by atoms with van der Waals surface area (Å²) in [5.74, 6) is -0.141. The van der Waals surface area contributed by atoms with Gasteiger partial charge in [-0.1, -0.05) is 48.5 Å². The molecule has 1 aliphatic heterocycles. The minimum Gasteiger partial charge on any atom is -0.368 e. The van der Waals surface area contributed by atoms with Gasteiger partial charge < -0.3 is 9.80 Å². The molecule has 0 bridgehead atoms. The molecule has 178 valence electrons. The number of piperazine rings is 1. The molecule has 0 radical (unpaired) electrons. The van der Waals surface area contributed by atoms with E-state index in [1.807, 2.05) is 48.5 Å². The summed E-state index contributed by atoms with van der Waals surface area (Å²) in [5.41, 5.74) is 1.83. The van der Waals surface area contributed by atoms with E-state index in [-0.39, 0.29) is 24.5 Å². The van der Waals surface area contributed by atoms with Crippen LogP contribution in [0, 0.1) is 0 Å². The van der Waals surface area contributed by atoms with Crippen molar-refractivity contribution in [2.75, 3.05) is 31.1 Å². The summed E-state index contributed by atoms with van der Waals surface area (Å²) in [5, 5.41) is 0. The van der Waals surface area contributed by atoms with Gasteiger partial charge in [0.15, 0.2) is 5.52 Å². The van der Waals surface area contributed by atoms with Crippen molar-refractivity contribution in [2.24, 2.45) is 0 Å². The van der Waals surface area contributed by atoms with Crippen molar-refractivity contribution in [2.45, 2.75) is 19.5 Å². The number of anilines is 1. The largest absolute Gasteiger partial charge is 0.368 e. The van der Waals surface area contributed by atoms with E-state index in [0.29, 0.717) is 25.0 Å². The van der Waals surface area contributed by atoms with Crippen LogP contribution < -0.4 is 16.1 Å². The van der Waals surface area contributed by atoms with Crippen LogP contribution in [0.4, 0.5) is 5.69 Å². The number of pyridine rings is 1. The molecule has 0 atom stereocenters. The lowest BCUT2D eigenvalue weighted by molar-refractivity contribution is -0.132. The van der Waals surface area contributed by atoms with Gasteiger partial charge in [-0.15, -0.1) is 0 Å². The number of rotatable bonds is 6. The van der Waals surface area contributed by atoms with Crippen LogP contribution >= 0.6 is 0 Å². The first-order chi connectivity index (χ1) is 17.1. The van der Waals surface area contributed by atoms with E-state index in [1.54, 1.807) is 17.0 Å². The number of hydrogen-bond acceptors (Lipinski definition) is 5. The van der Waals surface area contributed by atoms with E-state index in [2.05, 4.69) is 22.0 Å². The van der Waals surface area contributed by atoms with Gasteiger partial charge in [-0.25, -0.2) is 9.78 Å². The maximum atomic E-state index is 13.4. The van der Waals surface area contributed by atoms with Gasteiger partial charge in [0.05, 0.1) is 5.52 Å². The van der Waals surface area contributed by atoms with Crippen molar-refractivity contribution < 1.29 is 4.79 Å². The molecule has 1 fully saturated rings. The molecule has 2 aromatic carbocycles. The fraction of sp³-hybridized carbons (Fsp3) is 0.259. The number of carbonyl (C=O) groups is 1. The minimum absolute atomic E-state index is 0.127. The summed E-state index contributed by atoms with van der Waals surface area (Å²) in [6.45, 7) is 2.70. The van der Waals surface area contributed by atoms with Gasteiger partial charge in [0, 0.05) is 44.6 Å². The van der Waals surface area contributed by atoms with E-state index in [0.717, 1.165) is 24.3 Å². The van der Waals surface area contributed by atoms with E-state index in [1.165, 1.54) is 15.3 Å². The molecular formula is C27H27N5O3. The van der Waals surface area contributed by atoms with Gasteiger partial charge in [-0.05, 0) is 36.2 Å². The summed E-state index contributed by atoms with van der Waals surface area (Å²) < 4.78 is 2.59. The Labute approximate surface area is 202 Å². The Morgan fingerprint density at radius 1 is 0.800 bits per heavy atom. The first kappa shape index (κ1) is 22.6. The third-order valence-electron chi connectivity index (χ3n) is 6.50. The van der Waals surface area contributed by atoms with Crippen LogP contribution in [0.5, 0.6) is 0 Å². The first-order valence-corrected chi connectivity index (χ1v) is 11.8. The molecule has 35 heavy (non-hydrogen) atoms. The van der Waals surface area contributed by atoms with E-state index < -0.39 is 11.2 Å². The lowest BCUT2D eigenvalue weighted by Gasteiger charge is -2.36. The minimum atomic E-state index is -0.484. The topological polar surface area (TPSA) is 80.4 Å². The highest BCUT2D eigenvalue weighted by molar-refractivity contribution is 5.80. The number of para-hydroxylation sites is 1. The Hall–Kier alpha value is -4.20. The molecular weight excluding hydrogens is 442 g/mol. The number of carbonyl (C=O) groups excluding carboxylic acids is 1. The van der Waals surface area contributed by atoms with Gasteiger partial charge in [0.25, 0.3) is 5.56 Å². The standard InChI is InChI=1S/C27H27N5O3/c33-24(30-18-16-29(17-19-30)22-10-5-2-6-11-22)20-32-23-12-7-14-28-25(23)26(34)31(27(32)35)15-13-21-8-3-1-4-9-21/h1-12,14H,13,15-20H2. The molecule has 1 saturated heterocycles. The molecule has 0 N–H and O–H groups in total. The number of aromatic nitrogens is 3. The number of aryl methyl sites for hydroxylation is 1. The van der Waals surface area contributed by atoms with Gasteiger partial charge in [-0.2, -0.15) is 0 Å². The predicted octanol–water partition coefficient (Wildman–Crippen LogP) is 2.15. The van der Waals surface area contributed by atoms with Crippen molar-refractivity contribution in [1.82, 2.24) is 19.0 Å². The van der Waals surface area contributed by atoms with Crippen molar-refractivity contribution in [3.8, 4) is 0 Å². The number of amides is 1. The first-order valence-electron chi connectivity index (χ1n) is 11.8. The maximum Gasteiger partial charge on any atom is 0.332 e. The zero-order chi connectivity index (χ0) is 24.2. The fourth-order valence-corrected chi connectivity index (χ4v) is 4.57. The zero-order valence-corrected chi connectivity index (χ0v) is 19.4. The highest BCUT2D eigenvalue weighted by atomic mass is 16.2. The Kier molecular flexibility index (Phi) is 6.43. The van der Waals surface area contributed by atoms with Crippen LogP contribution in [0.2, 0.25) is 0 Å². The van der Waals surface area contributed by atoms with Crippen LogP contribution in [0.3, 0.4) is 0 Å². The van der Waals surface area contributed by atoms with Gasteiger partial charge in [0.2, 0.25) is 5.91 Å². The summed E-state index contributed by atoms with van der Waals surface area (Å²) >= 11 is 0. The zero-order valence-electron chi connectivity index (χ0n) is 19.4. The molecule has 1 amide bonds. The SMILES string of the molecule is O=C(Cn1c(=O)n(CCc2ccccc2)c(=O)c2ncccc21)N1CCN(c2ccccc2)CC1. The van der Waals surface area contributed by atoms with E-state index in [9.17, 15) is 14.4 Å². The van der Waals surface area contributed by atoms with Crippen molar-refractivity contribution in [3.05, 3.63) is 105 Å². The van der Waals surface area contributed by atoms with Crippen molar-refractivity contribution in [1.29, 1.82) is 0 Å². The van der Waals surface area contributed by atoms with Crippen LogP contribution in [0.1, 0.15) is 5.56 Å². The Bertz CT molecular complexity index is 1440. The molecule has 3 heterocycles. The predicted molar refractivity (Wildman–Crippen MR) is 136 cm³/mol. The van der Waals surface area contributed by atoms with E-state index >= 15 is 0 Å². The normalized spacial score (nSPS) is 13.8. The highest BCUT2D eigenvalue weighted by Gasteiger charge is 2.23. The van der Waals surface area contributed by atoms with Gasteiger partial charge >= 0.3 is 5.69 Å². The molecule has 1 aliphatic rings. The quantitative estimate of drug-likeness (QED) is 0.432. The van der Waals surface area contributed by atoms with Gasteiger partial charge in [-0.3, -0.25) is 18.7 Å². The summed E-state index contributed by atoms with van der Waals surface area (Å²) in [6.07, 6.45) is 2.06. The molecule has 4 aromatic rings. The molecule has 5 rings (SSSR count). The molecule has 2 aromatic heterocycles. The highest BCUT2D eigenvalue weighted by Crippen LogP contribution is 2.16. The van der Waals surface area contributed by atoms with Crippen LogP contribution in [-0.4, -0.2) is 51.1 Å². The van der Waals surface area contributed by atoms with Crippen LogP contribution in [0.25, 0.3) is 11.0 Å². The number of fused-ring (bicyclic) bond motifs is 1. The summed E-state index contributed by atoms with van der Waals surface area (Å²) in [7, 11) is 0. The second kappa shape index (κ2) is 9.97. The summed E-state index contributed by atoms with van der Waals surface area (Å²) in [4.78, 5) is 48.0. The van der Waals surface area contributed by atoms with Gasteiger partial charge in [0.1, 0.15) is 6.54 Å². The average molecular weight is 470 g/mol. The fourth-order valence-electron chi connectivity index (χ4n) is 4.57. The van der Waals surface area contributed by atoms with Crippen molar-refractivity contribution >= 4 is 22.6 Å².